The average molecular weight is 266 g/mol. The molecule has 2 aromatic heterocycles. The van der Waals surface area contributed by atoms with Crippen molar-refractivity contribution in [2.24, 2.45) is 5.92 Å². The van der Waals surface area contributed by atoms with Crippen molar-refractivity contribution in [2.45, 2.75) is 27.3 Å². The number of rotatable bonds is 3. The SMILES string of the molecule is Cc1csc2c1c(=O)nc(C(=O)O)n2CC(C)C. The second-order valence-corrected chi connectivity index (χ2v) is 5.51. The fourth-order valence-corrected chi connectivity index (χ4v) is 2.96. The van der Waals surface area contributed by atoms with Gasteiger partial charge >= 0.3 is 5.97 Å². The molecule has 0 fully saturated rings. The highest BCUT2D eigenvalue weighted by Crippen LogP contribution is 2.23. The smallest absolute Gasteiger partial charge is 0.372 e. The monoisotopic (exact) mass is 266 g/mol. The van der Waals surface area contributed by atoms with Gasteiger partial charge in [0.2, 0.25) is 5.82 Å². The van der Waals surface area contributed by atoms with Gasteiger partial charge in [-0.15, -0.1) is 11.3 Å². The maximum Gasteiger partial charge on any atom is 0.372 e. The summed E-state index contributed by atoms with van der Waals surface area (Å²) in [6.45, 7) is 6.36. The maximum atomic E-state index is 11.8. The van der Waals surface area contributed by atoms with Crippen LogP contribution in [0.25, 0.3) is 10.2 Å². The second-order valence-electron chi connectivity index (χ2n) is 4.65. The summed E-state index contributed by atoms with van der Waals surface area (Å²) >= 11 is 1.39. The lowest BCUT2D eigenvalue weighted by Gasteiger charge is -2.13. The number of aromatic carboxylic acids is 1. The number of aryl methyl sites for hydroxylation is 1. The Labute approximate surface area is 108 Å². The van der Waals surface area contributed by atoms with Crippen LogP contribution in [0.2, 0.25) is 0 Å². The Balaban J connectivity index is 2.84. The van der Waals surface area contributed by atoms with Crippen molar-refractivity contribution in [3.8, 4) is 0 Å². The van der Waals surface area contributed by atoms with Crippen LogP contribution in [-0.2, 0) is 6.54 Å². The molecule has 0 radical (unpaired) electrons. The first kappa shape index (κ1) is 12.8. The molecule has 0 aliphatic heterocycles. The molecule has 0 saturated heterocycles. The third-order valence-corrected chi connectivity index (χ3v) is 3.74. The molecule has 2 aromatic rings. The first-order valence-electron chi connectivity index (χ1n) is 5.63. The van der Waals surface area contributed by atoms with E-state index in [1.54, 1.807) is 4.57 Å². The molecule has 2 rings (SSSR count). The largest absolute Gasteiger partial charge is 0.475 e. The number of thiophene rings is 1. The van der Waals surface area contributed by atoms with Crippen molar-refractivity contribution in [3.63, 3.8) is 0 Å². The molecule has 2 heterocycles. The molecule has 18 heavy (non-hydrogen) atoms. The molecular formula is C12H14N2O3S. The van der Waals surface area contributed by atoms with Crippen LogP contribution in [-0.4, -0.2) is 20.6 Å². The number of aromatic nitrogens is 2. The zero-order valence-corrected chi connectivity index (χ0v) is 11.2. The van der Waals surface area contributed by atoms with E-state index in [9.17, 15) is 9.59 Å². The van der Waals surface area contributed by atoms with Gasteiger partial charge in [-0.2, -0.15) is 4.98 Å². The highest BCUT2D eigenvalue weighted by atomic mass is 32.1. The van der Waals surface area contributed by atoms with E-state index in [1.165, 1.54) is 11.3 Å². The fraction of sp³-hybridized carbons (Fsp3) is 0.417. The molecule has 0 bridgehead atoms. The Bertz CT molecular complexity index is 670. The molecule has 96 valence electrons. The Kier molecular flexibility index (Phi) is 3.21. The summed E-state index contributed by atoms with van der Waals surface area (Å²) in [5.41, 5.74) is 0.392. The third-order valence-electron chi connectivity index (χ3n) is 2.62. The summed E-state index contributed by atoms with van der Waals surface area (Å²) in [4.78, 5) is 27.4. The zero-order chi connectivity index (χ0) is 13.4. The first-order valence-corrected chi connectivity index (χ1v) is 6.51. The van der Waals surface area contributed by atoms with E-state index in [-0.39, 0.29) is 11.7 Å². The van der Waals surface area contributed by atoms with Crippen LogP contribution in [0.3, 0.4) is 0 Å². The van der Waals surface area contributed by atoms with Gasteiger partial charge in [0.05, 0.1) is 5.39 Å². The lowest BCUT2D eigenvalue weighted by Crippen LogP contribution is -2.23. The summed E-state index contributed by atoms with van der Waals surface area (Å²) in [6, 6.07) is 0. The van der Waals surface area contributed by atoms with Crippen molar-refractivity contribution in [3.05, 3.63) is 27.1 Å². The van der Waals surface area contributed by atoms with Crippen LogP contribution in [0.15, 0.2) is 10.2 Å². The van der Waals surface area contributed by atoms with Crippen LogP contribution in [0, 0.1) is 12.8 Å². The predicted molar refractivity (Wildman–Crippen MR) is 70.4 cm³/mol. The van der Waals surface area contributed by atoms with Gasteiger partial charge in [-0.25, -0.2) is 4.79 Å². The predicted octanol–water partition coefficient (Wildman–Crippen LogP) is 2.12. The number of nitrogens with zero attached hydrogens (tertiary/aromatic N) is 2. The number of hydrogen-bond donors (Lipinski definition) is 1. The summed E-state index contributed by atoms with van der Waals surface area (Å²) in [7, 11) is 0. The second kappa shape index (κ2) is 4.53. The van der Waals surface area contributed by atoms with Gasteiger partial charge in [-0.1, -0.05) is 13.8 Å². The highest BCUT2D eigenvalue weighted by Gasteiger charge is 2.19. The van der Waals surface area contributed by atoms with Crippen molar-refractivity contribution in [1.82, 2.24) is 9.55 Å². The van der Waals surface area contributed by atoms with Gasteiger partial charge in [-0.3, -0.25) is 4.79 Å². The van der Waals surface area contributed by atoms with Gasteiger partial charge in [0.1, 0.15) is 4.83 Å². The van der Waals surface area contributed by atoms with Crippen molar-refractivity contribution >= 4 is 27.5 Å². The fourth-order valence-electron chi connectivity index (χ4n) is 1.90. The van der Waals surface area contributed by atoms with E-state index in [1.807, 2.05) is 26.2 Å². The molecule has 0 aromatic carbocycles. The Morgan fingerprint density at radius 1 is 1.56 bits per heavy atom. The van der Waals surface area contributed by atoms with Crippen molar-refractivity contribution in [2.75, 3.05) is 0 Å². The van der Waals surface area contributed by atoms with Gasteiger partial charge in [-0.05, 0) is 23.8 Å². The van der Waals surface area contributed by atoms with Crippen LogP contribution in [0.1, 0.15) is 30.0 Å². The molecule has 5 nitrogen and oxygen atoms in total. The quantitative estimate of drug-likeness (QED) is 0.923. The van der Waals surface area contributed by atoms with Crippen LogP contribution >= 0.6 is 11.3 Å². The summed E-state index contributed by atoms with van der Waals surface area (Å²) < 4.78 is 1.63. The Morgan fingerprint density at radius 3 is 2.78 bits per heavy atom. The minimum absolute atomic E-state index is 0.178. The molecule has 0 saturated carbocycles. The summed E-state index contributed by atoms with van der Waals surface area (Å²) in [5.74, 6) is -1.07. The first-order chi connectivity index (χ1) is 8.41. The number of carboxylic acids is 1. The molecule has 0 unspecified atom stereocenters. The molecule has 0 aliphatic rings. The van der Waals surface area contributed by atoms with Gasteiger partial charge < -0.3 is 9.67 Å². The molecular weight excluding hydrogens is 252 g/mol. The number of carboxylic acid groups (broad SMARTS) is 1. The van der Waals surface area contributed by atoms with E-state index in [4.69, 9.17) is 5.11 Å². The third kappa shape index (κ3) is 2.03. The highest BCUT2D eigenvalue weighted by molar-refractivity contribution is 7.17. The van der Waals surface area contributed by atoms with E-state index in [0.717, 1.165) is 5.56 Å². The average Bonchev–Trinajstić information content (AvgIpc) is 2.64. The van der Waals surface area contributed by atoms with E-state index >= 15 is 0 Å². The molecule has 0 amide bonds. The molecule has 0 aliphatic carbocycles. The van der Waals surface area contributed by atoms with E-state index in [0.29, 0.717) is 16.8 Å². The molecule has 1 N–H and O–H groups in total. The van der Waals surface area contributed by atoms with Crippen molar-refractivity contribution < 1.29 is 9.90 Å². The van der Waals surface area contributed by atoms with Gasteiger partial charge in [0, 0.05) is 6.54 Å². The normalized spacial score (nSPS) is 11.3. The topological polar surface area (TPSA) is 72.2 Å². The van der Waals surface area contributed by atoms with Crippen LogP contribution < -0.4 is 5.56 Å². The summed E-state index contributed by atoms with van der Waals surface area (Å²) in [5, 5.41) is 11.5. The molecule has 6 heteroatoms. The van der Waals surface area contributed by atoms with Crippen LogP contribution in [0.5, 0.6) is 0 Å². The van der Waals surface area contributed by atoms with E-state index in [2.05, 4.69) is 4.98 Å². The van der Waals surface area contributed by atoms with Gasteiger partial charge in [0.15, 0.2) is 0 Å². The Hall–Kier alpha value is -1.69. The summed E-state index contributed by atoms with van der Waals surface area (Å²) in [6.07, 6.45) is 0. The lowest BCUT2D eigenvalue weighted by atomic mass is 10.2. The number of carbonyl (C=O) groups is 1. The standard InChI is InChI=1S/C12H14N2O3S/c1-6(2)4-14-9(12(16)17)13-10(15)8-7(3)5-18-11(8)14/h5-6H,4H2,1-3H3,(H,16,17). The van der Waals surface area contributed by atoms with Crippen molar-refractivity contribution in [1.29, 1.82) is 0 Å². The number of fused-ring (bicyclic) bond motifs is 1. The van der Waals surface area contributed by atoms with E-state index < -0.39 is 11.5 Å². The maximum absolute atomic E-state index is 11.8. The van der Waals surface area contributed by atoms with Crippen LogP contribution in [0.4, 0.5) is 0 Å². The van der Waals surface area contributed by atoms with Gasteiger partial charge in [0.25, 0.3) is 5.56 Å². The zero-order valence-electron chi connectivity index (χ0n) is 10.4. The molecule has 0 spiro atoms. The Morgan fingerprint density at radius 2 is 2.22 bits per heavy atom. The lowest BCUT2D eigenvalue weighted by molar-refractivity contribution is 0.0676. The minimum Gasteiger partial charge on any atom is -0.475 e. The number of hydrogen-bond acceptors (Lipinski definition) is 4. The molecule has 0 atom stereocenters. The minimum atomic E-state index is -1.17.